The first kappa shape index (κ1) is 18.2. The molecule has 3 N–H and O–H groups in total. The Labute approximate surface area is 137 Å². The summed E-state index contributed by atoms with van der Waals surface area (Å²) in [7, 11) is 0. The van der Waals surface area contributed by atoms with Crippen LogP contribution in [0.4, 0.5) is 0 Å². The number of ether oxygens (including phenoxy) is 1. The Morgan fingerprint density at radius 1 is 1.17 bits per heavy atom. The molecule has 7 nitrogen and oxygen atoms in total. The molecule has 0 aromatic rings. The maximum Gasteiger partial charge on any atom is 0.305 e. The zero-order valence-electron chi connectivity index (χ0n) is 13.6. The Morgan fingerprint density at radius 2 is 1.91 bits per heavy atom. The number of piperidine rings is 1. The summed E-state index contributed by atoms with van der Waals surface area (Å²) in [6.07, 6.45) is 4.39. The van der Waals surface area contributed by atoms with E-state index in [2.05, 4.69) is 10.2 Å². The molecular formula is C16H28N2O5. The highest BCUT2D eigenvalue weighted by Gasteiger charge is 2.32. The molecule has 0 aromatic carbocycles. The van der Waals surface area contributed by atoms with E-state index in [9.17, 15) is 14.7 Å². The summed E-state index contributed by atoms with van der Waals surface area (Å²) in [6.45, 7) is 2.68. The Balaban J connectivity index is 1.72. The summed E-state index contributed by atoms with van der Waals surface area (Å²) in [5, 5.41) is 21.2. The van der Waals surface area contributed by atoms with E-state index < -0.39 is 12.1 Å². The van der Waals surface area contributed by atoms with Crippen LogP contribution in [0.15, 0.2) is 0 Å². The fourth-order valence-corrected chi connectivity index (χ4v) is 3.36. The summed E-state index contributed by atoms with van der Waals surface area (Å²) in [5.74, 6) is -0.935. The van der Waals surface area contributed by atoms with Gasteiger partial charge in [-0.2, -0.15) is 0 Å². The monoisotopic (exact) mass is 328 g/mol. The van der Waals surface area contributed by atoms with Crippen molar-refractivity contribution < 1.29 is 24.5 Å². The number of likely N-dealkylation sites (tertiary alicyclic amines) is 1. The standard InChI is InChI=1S/C16H28N2O5/c19-11-14-13(5-4-12(23-14)10-16(21)22)17-15(20)6-9-18-7-2-1-3-8-18/h12-14,19H,1-11H2,(H,17,20)(H,21,22)/t12-,13-,14+/m1/s1. The maximum atomic E-state index is 12.1. The van der Waals surface area contributed by atoms with Crippen molar-refractivity contribution in [2.24, 2.45) is 0 Å². The minimum absolute atomic E-state index is 0.0284. The topological polar surface area (TPSA) is 99.1 Å². The van der Waals surface area contributed by atoms with Gasteiger partial charge in [0.1, 0.15) is 6.10 Å². The van der Waals surface area contributed by atoms with Crippen LogP contribution in [0.1, 0.15) is 44.9 Å². The molecule has 0 unspecified atom stereocenters. The van der Waals surface area contributed by atoms with Gasteiger partial charge < -0.3 is 25.2 Å². The summed E-state index contributed by atoms with van der Waals surface area (Å²) >= 11 is 0. The molecule has 132 valence electrons. The maximum absolute atomic E-state index is 12.1. The quantitative estimate of drug-likeness (QED) is 0.624. The van der Waals surface area contributed by atoms with Gasteiger partial charge in [-0.05, 0) is 38.8 Å². The molecule has 0 bridgehead atoms. The van der Waals surface area contributed by atoms with E-state index in [1.807, 2.05) is 0 Å². The third kappa shape index (κ3) is 6.08. The second-order valence-electron chi connectivity index (χ2n) is 6.48. The van der Waals surface area contributed by atoms with Crippen LogP contribution in [0, 0.1) is 0 Å². The van der Waals surface area contributed by atoms with Crippen LogP contribution in [-0.4, -0.2) is 71.5 Å². The summed E-state index contributed by atoms with van der Waals surface area (Å²) in [4.78, 5) is 25.2. The van der Waals surface area contributed by atoms with E-state index in [4.69, 9.17) is 9.84 Å². The van der Waals surface area contributed by atoms with Crippen LogP contribution in [0.2, 0.25) is 0 Å². The first-order valence-corrected chi connectivity index (χ1v) is 8.58. The smallest absolute Gasteiger partial charge is 0.305 e. The highest BCUT2D eigenvalue weighted by atomic mass is 16.5. The molecule has 2 heterocycles. The van der Waals surface area contributed by atoms with Gasteiger partial charge in [0.2, 0.25) is 5.91 Å². The highest BCUT2D eigenvalue weighted by Crippen LogP contribution is 2.22. The normalized spacial score (nSPS) is 29.2. The average molecular weight is 328 g/mol. The van der Waals surface area contributed by atoms with E-state index in [1.54, 1.807) is 0 Å². The third-order valence-electron chi connectivity index (χ3n) is 4.65. The third-order valence-corrected chi connectivity index (χ3v) is 4.65. The van der Waals surface area contributed by atoms with Gasteiger partial charge in [0, 0.05) is 13.0 Å². The molecule has 0 spiro atoms. The molecule has 0 saturated carbocycles. The zero-order valence-corrected chi connectivity index (χ0v) is 13.6. The number of rotatable bonds is 7. The number of aliphatic carboxylic acids is 1. The Kier molecular flexibility index (Phi) is 7.26. The van der Waals surface area contributed by atoms with Gasteiger partial charge in [0.05, 0.1) is 25.2 Å². The van der Waals surface area contributed by atoms with Gasteiger partial charge in [0.15, 0.2) is 0 Å². The fourth-order valence-electron chi connectivity index (χ4n) is 3.36. The predicted molar refractivity (Wildman–Crippen MR) is 84.1 cm³/mol. The number of amides is 1. The second kappa shape index (κ2) is 9.20. The molecule has 2 saturated heterocycles. The van der Waals surface area contributed by atoms with Crippen LogP contribution in [-0.2, 0) is 14.3 Å². The molecule has 23 heavy (non-hydrogen) atoms. The SMILES string of the molecule is O=C(O)C[C@H]1CC[C@@H](NC(=O)CCN2CCCCC2)[C@H](CO)O1. The number of hydrogen-bond acceptors (Lipinski definition) is 5. The molecule has 0 aromatic heterocycles. The number of nitrogens with one attached hydrogen (secondary N) is 1. The van der Waals surface area contributed by atoms with E-state index in [1.165, 1.54) is 19.3 Å². The lowest BCUT2D eigenvalue weighted by molar-refractivity contribution is -0.147. The van der Waals surface area contributed by atoms with Crippen molar-refractivity contribution in [3.05, 3.63) is 0 Å². The van der Waals surface area contributed by atoms with E-state index in [-0.39, 0.29) is 31.1 Å². The van der Waals surface area contributed by atoms with Crippen LogP contribution < -0.4 is 5.32 Å². The van der Waals surface area contributed by atoms with Crippen molar-refractivity contribution in [2.45, 2.75) is 63.2 Å². The van der Waals surface area contributed by atoms with Crippen molar-refractivity contribution >= 4 is 11.9 Å². The summed E-state index contributed by atoms with van der Waals surface area (Å²) < 4.78 is 5.60. The van der Waals surface area contributed by atoms with Gasteiger partial charge in [-0.3, -0.25) is 9.59 Å². The van der Waals surface area contributed by atoms with Gasteiger partial charge in [0.25, 0.3) is 0 Å². The molecular weight excluding hydrogens is 300 g/mol. The Hall–Kier alpha value is -1.18. The fraction of sp³-hybridized carbons (Fsp3) is 0.875. The largest absolute Gasteiger partial charge is 0.481 e. The lowest BCUT2D eigenvalue weighted by atomic mass is 9.97. The summed E-state index contributed by atoms with van der Waals surface area (Å²) in [5.41, 5.74) is 0. The number of carboxylic acids is 1. The Morgan fingerprint density at radius 3 is 2.57 bits per heavy atom. The number of carboxylic acid groups (broad SMARTS) is 1. The average Bonchev–Trinajstić information content (AvgIpc) is 2.55. The number of hydrogen-bond donors (Lipinski definition) is 3. The van der Waals surface area contributed by atoms with E-state index >= 15 is 0 Å². The number of carbonyl (C=O) groups excluding carboxylic acids is 1. The second-order valence-corrected chi connectivity index (χ2v) is 6.48. The number of carbonyl (C=O) groups is 2. The van der Waals surface area contributed by atoms with Crippen LogP contribution >= 0.6 is 0 Å². The van der Waals surface area contributed by atoms with Gasteiger partial charge in [-0.15, -0.1) is 0 Å². The van der Waals surface area contributed by atoms with Crippen molar-refractivity contribution in [1.29, 1.82) is 0 Å². The number of aliphatic hydroxyl groups is 1. The molecule has 7 heteroatoms. The van der Waals surface area contributed by atoms with Gasteiger partial charge in [-0.1, -0.05) is 6.42 Å². The first-order chi connectivity index (χ1) is 11.1. The highest BCUT2D eigenvalue weighted by molar-refractivity contribution is 5.76. The van der Waals surface area contributed by atoms with Crippen LogP contribution in [0.5, 0.6) is 0 Å². The molecule has 1 amide bonds. The number of aliphatic hydroxyl groups excluding tert-OH is 1. The number of nitrogens with zero attached hydrogens (tertiary/aromatic N) is 1. The van der Waals surface area contributed by atoms with Gasteiger partial charge in [-0.25, -0.2) is 0 Å². The van der Waals surface area contributed by atoms with E-state index in [0.29, 0.717) is 19.3 Å². The first-order valence-electron chi connectivity index (χ1n) is 8.58. The minimum Gasteiger partial charge on any atom is -0.481 e. The lowest BCUT2D eigenvalue weighted by Gasteiger charge is -2.35. The van der Waals surface area contributed by atoms with Crippen LogP contribution in [0.3, 0.4) is 0 Å². The van der Waals surface area contributed by atoms with Crippen LogP contribution in [0.25, 0.3) is 0 Å². The van der Waals surface area contributed by atoms with Crippen molar-refractivity contribution in [2.75, 3.05) is 26.2 Å². The van der Waals surface area contributed by atoms with Crippen molar-refractivity contribution in [3.8, 4) is 0 Å². The molecule has 2 aliphatic rings. The molecule has 2 rings (SSSR count). The predicted octanol–water partition coefficient (Wildman–Crippen LogP) is 0.362. The van der Waals surface area contributed by atoms with Crippen molar-refractivity contribution in [3.63, 3.8) is 0 Å². The molecule has 0 radical (unpaired) electrons. The zero-order chi connectivity index (χ0) is 16.7. The molecule has 2 fully saturated rings. The summed E-state index contributed by atoms with van der Waals surface area (Å²) in [6, 6.07) is -0.237. The molecule has 0 aliphatic carbocycles. The lowest BCUT2D eigenvalue weighted by Crippen LogP contribution is -2.51. The van der Waals surface area contributed by atoms with Gasteiger partial charge >= 0.3 is 5.97 Å². The molecule has 3 atom stereocenters. The molecule has 2 aliphatic heterocycles. The Bertz CT molecular complexity index is 398. The van der Waals surface area contributed by atoms with E-state index in [0.717, 1.165) is 19.6 Å². The minimum atomic E-state index is -0.907. The van der Waals surface area contributed by atoms with Crippen molar-refractivity contribution in [1.82, 2.24) is 10.2 Å².